The largest absolute Gasteiger partial charge is 0.356 e. The zero-order valence-corrected chi connectivity index (χ0v) is 13.7. The van der Waals surface area contributed by atoms with Crippen LogP contribution < -0.4 is 5.32 Å². The van der Waals surface area contributed by atoms with Gasteiger partial charge in [0, 0.05) is 24.1 Å². The molecule has 1 N–H and O–H groups in total. The number of aromatic nitrogens is 1. The highest BCUT2D eigenvalue weighted by molar-refractivity contribution is 5.76. The van der Waals surface area contributed by atoms with Crippen LogP contribution in [0.4, 0.5) is 4.39 Å². The lowest BCUT2D eigenvalue weighted by molar-refractivity contribution is -0.121. The predicted molar refractivity (Wildman–Crippen MR) is 93.4 cm³/mol. The van der Waals surface area contributed by atoms with Gasteiger partial charge >= 0.3 is 0 Å². The molecule has 0 bridgehead atoms. The molecule has 25 heavy (non-hydrogen) atoms. The zero-order valence-electron chi connectivity index (χ0n) is 13.7. The Bertz CT molecular complexity index is 813. The maximum Gasteiger partial charge on any atom is 0.220 e. The minimum absolute atomic E-state index is 0.0119. The van der Waals surface area contributed by atoms with Crippen LogP contribution in [0.2, 0.25) is 0 Å². The van der Waals surface area contributed by atoms with Gasteiger partial charge in [0.1, 0.15) is 5.82 Å². The van der Waals surface area contributed by atoms with Crippen LogP contribution in [0.15, 0.2) is 65.3 Å². The molecule has 3 rings (SSSR count). The van der Waals surface area contributed by atoms with Gasteiger partial charge in [-0.15, -0.1) is 0 Å². The monoisotopic (exact) mass is 338 g/mol. The van der Waals surface area contributed by atoms with Crippen LogP contribution in [-0.2, 0) is 17.6 Å². The first kappa shape index (κ1) is 16.9. The number of carbonyl (C=O) groups excluding carboxylic acids is 1. The van der Waals surface area contributed by atoms with Crippen molar-refractivity contribution in [1.29, 1.82) is 0 Å². The normalized spacial score (nSPS) is 10.6. The van der Waals surface area contributed by atoms with Crippen LogP contribution >= 0.6 is 0 Å². The van der Waals surface area contributed by atoms with E-state index in [1.807, 2.05) is 30.3 Å². The Morgan fingerprint density at radius 1 is 1.04 bits per heavy atom. The second-order valence-electron chi connectivity index (χ2n) is 5.77. The summed E-state index contributed by atoms with van der Waals surface area (Å²) in [6.07, 6.45) is 3.29. The van der Waals surface area contributed by atoms with Gasteiger partial charge in [0.2, 0.25) is 5.91 Å². The number of benzene rings is 2. The molecule has 0 atom stereocenters. The van der Waals surface area contributed by atoms with Crippen molar-refractivity contribution in [3.8, 4) is 11.3 Å². The summed E-state index contributed by atoms with van der Waals surface area (Å²) < 4.78 is 18.3. The number of halogens is 1. The Kier molecular flexibility index (Phi) is 5.57. The van der Waals surface area contributed by atoms with E-state index < -0.39 is 0 Å². The first-order valence-corrected chi connectivity index (χ1v) is 8.22. The smallest absolute Gasteiger partial charge is 0.220 e. The van der Waals surface area contributed by atoms with Gasteiger partial charge in [-0.25, -0.2) is 4.39 Å². The summed E-state index contributed by atoms with van der Waals surface area (Å²) in [5, 5.41) is 6.72. The second kappa shape index (κ2) is 8.24. The van der Waals surface area contributed by atoms with E-state index in [4.69, 9.17) is 4.52 Å². The van der Waals surface area contributed by atoms with Gasteiger partial charge in [0.15, 0.2) is 5.76 Å². The van der Waals surface area contributed by atoms with Gasteiger partial charge in [-0.05, 0) is 42.7 Å². The van der Waals surface area contributed by atoms with E-state index in [2.05, 4.69) is 10.5 Å². The summed E-state index contributed by atoms with van der Waals surface area (Å²) >= 11 is 0. The van der Waals surface area contributed by atoms with E-state index in [0.717, 1.165) is 17.5 Å². The molecule has 0 aliphatic heterocycles. The Morgan fingerprint density at radius 2 is 1.80 bits per heavy atom. The highest BCUT2D eigenvalue weighted by Gasteiger charge is 2.12. The fraction of sp³-hybridized carbons (Fsp3) is 0.200. The summed E-state index contributed by atoms with van der Waals surface area (Å²) in [7, 11) is 0. The quantitative estimate of drug-likeness (QED) is 0.713. The molecule has 2 aromatic carbocycles. The lowest BCUT2D eigenvalue weighted by Gasteiger charge is -2.05. The van der Waals surface area contributed by atoms with Crippen molar-refractivity contribution in [1.82, 2.24) is 10.5 Å². The molecule has 0 unspecified atom stereocenters. The lowest BCUT2D eigenvalue weighted by Crippen LogP contribution is -2.25. The van der Waals surface area contributed by atoms with Crippen LogP contribution in [-0.4, -0.2) is 17.6 Å². The van der Waals surface area contributed by atoms with Crippen LogP contribution in [0.25, 0.3) is 11.3 Å². The maximum atomic E-state index is 13.0. The summed E-state index contributed by atoms with van der Waals surface area (Å²) in [6, 6.07) is 16.0. The van der Waals surface area contributed by atoms with E-state index in [-0.39, 0.29) is 11.7 Å². The van der Waals surface area contributed by atoms with Gasteiger partial charge in [-0.1, -0.05) is 35.5 Å². The molecule has 128 valence electrons. The van der Waals surface area contributed by atoms with E-state index in [1.165, 1.54) is 17.7 Å². The van der Waals surface area contributed by atoms with Crippen LogP contribution in [0.1, 0.15) is 17.5 Å². The van der Waals surface area contributed by atoms with Crippen LogP contribution in [0.5, 0.6) is 0 Å². The number of aryl methyl sites for hydroxylation is 1. The number of rotatable bonds is 7. The molecular formula is C20H19FN2O2. The fourth-order valence-corrected chi connectivity index (χ4v) is 2.60. The summed E-state index contributed by atoms with van der Waals surface area (Å²) in [4.78, 5) is 12.0. The molecule has 0 saturated heterocycles. The summed E-state index contributed by atoms with van der Waals surface area (Å²) in [5.74, 6) is 0.266. The number of nitrogens with one attached hydrogen (secondary N) is 1. The lowest BCUT2D eigenvalue weighted by atomic mass is 10.1. The molecule has 0 fully saturated rings. The van der Waals surface area contributed by atoms with Crippen LogP contribution in [0.3, 0.4) is 0 Å². The molecule has 1 amide bonds. The van der Waals surface area contributed by atoms with Gasteiger partial charge in [-0.3, -0.25) is 4.79 Å². The predicted octanol–water partition coefficient (Wildman–Crippen LogP) is 3.77. The van der Waals surface area contributed by atoms with Crippen molar-refractivity contribution in [2.24, 2.45) is 0 Å². The SMILES string of the molecule is O=C(CCc1cnoc1-c1ccc(F)cc1)NCCc1ccccc1. The zero-order chi connectivity index (χ0) is 17.5. The highest BCUT2D eigenvalue weighted by Crippen LogP contribution is 2.24. The highest BCUT2D eigenvalue weighted by atomic mass is 19.1. The topological polar surface area (TPSA) is 55.1 Å². The maximum absolute atomic E-state index is 13.0. The average molecular weight is 338 g/mol. The summed E-state index contributed by atoms with van der Waals surface area (Å²) in [5.41, 5.74) is 2.78. The van der Waals surface area contributed by atoms with Crippen molar-refractivity contribution in [3.63, 3.8) is 0 Å². The van der Waals surface area contributed by atoms with Crippen LogP contribution in [0, 0.1) is 5.82 Å². The number of carbonyl (C=O) groups is 1. The van der Waals surface area contributed by atoms with E-state index in [9.17, 15) is 9.18 Å². The molecule has 3 aromatic rings. The number of hydrogen-bond acceptors (Lipinski definition) is 3. The third-order valence-electron chi connectivity index (χ3n) is 3.95. The third-order valence-corrected chi connectivity index (χ3v) is 3.95. The first-order chi connectivity index (χ1) is 12.2. The van der Waals surface area contributed by atoms with Gasteiger partial charge in [-0.2, -0.15) is 0 Å². The molecule has 0 aliphatic carbocycles. The van der Waals surface area contributed by atoms with Crippen molar-refractivity contribution in [3.05, 3.63) is 77.7 Å². The summed E-state index contributed by atoms with van der Waals surface area (Å²) in [6.45, 7) is 0.608. The Balaban J connectivity index is 1.49. The average Bonchev–Trinajstić information content (AvgIpc) is 3.10. The molecule has 5 heteroatoms. The van der Waals surface area contributed by atoms with Crippen molar-refractivity contribution < 1.29 is 13.7 Å². The molecule has 4 nitrogen and oxygen atoms in total. The van der Waals surface area contributed by atoms with Gasteiger partial charge < -0.3 is 9.84 Å². The third kappa shape index (κ3) is 4.76. The second-order valence-corrected chi connectivity index (χ2v) is 5.77. The molecule has 1 heterocycles. The molecule has 0 spiro atoms. The first-order valence-electron chi connectivity index (χ1n) is 8.22. The van der Waals surface area contributed by atoms with Crippen molar-refractivity contribution in [2.75, 3.05) is 6.54 Å². The molecule has 1 aromatic heterocycles. The minimum Gasteiger partial charge on any atom is -0.356 e. The van der Waals surface area contributed by atoms with Crippen molar-refractivity contribution in [2.45, 2.75) is 19.3 Å². The molecule has 0 radical (unpaired) electrons. The number of amides is 1. The van der Waals surface area contributed by atoms with E-state index in [0.29, 0.717) is 25.1 Å². The van der Waals surface area contributed by atoms with E-state index in [1.54, 1.807) is 18.3 Å². The van der Waals surface area contributed by atoms with Gasteiger partial charge in [0.05, 0.1) is 6.20 Å². The standard InChI is InChI=1S/C20H19FN2O2/c21-18-9-6-16(7-10-18)20-17(14-23-25-20)8-11-19(24)22-13-12-15-4-2-1-3-5-15/h1-7,9-10,14H,8,11-13H2,(H,22,24). The molecular weight excluding hydrogens is 319 g/mol. The Morgan fingerprint density at radius 3 is 2.56 bits per heavy atom. The van der Waals surface area contributed by atoms with E-state index >= 15 is 0 Å². The number of hydrogen-bond donors (Lipinski definition) is 1. The Hall–Kier alpha value is -2.95. The molecule has 0 saturated carbocycles. The molecule has 0 aliphatic rings. The minimum atomic E-state index is -0.303. The number of nitrogens with zero attached hydrogens (tertiary/aromatic N) is 1. The van der Waals surface area contributed by atoms with Gasteiger partial charge in [0.25, 0.3) is 0 Å². The van der Waals surface area contributed by atoms with Crippen molar-refractivity contribution >= 4 is 5.91 Å². The fourth-order valence-electron chi connectivity index (χ4n) is 2.60. The Labute approximate surface area is 145 Å².